The Kier molecular flexibility index (Phi) is 8.95. The Morgan fingerprint density at radius 3 is 2.30 bits per heavy atom. The minimum Gasteiger partial charge on any atom is -0.394 e. The third kappa shape index (κ3) is 6.43. The number of ether oxygens (including phenoxy) is 1. The molecule has 0 amide bonds. The molecule has 4 heteroatoms. The van der Waals surface area contributed by atoms with Gasteiger partial charge in [0, 0.05) is 6.61 Å². The molecule has 148 valence electrons. The van der Waals surface area contributed by atoms with Crippen LogP contribution in [-0.4, -0.2) is 29.5 Å². The lowest BCUT2D eigenvalue weighted by molar-refractivity contribution is 0.0384. The van der Waals surface area contributed by atoms with Crippen LogP contribution in [-0.2, 0) is 23.3 Å². The number of aryl methyl sites for hydroxylation is 1. The van der Waals surface area contributed by atoms with E-state index in [4.69, 9.17) is 10.5 Å². The van der Waals surface area contributed by atoms with Gasteiger partial charge >= 0.3 is 0 Å². The Labute approximate surface area is 163 Å². The summed E-state index contributed by atoms with van der Waals surface area (Å²) in [6.45, 7) is 2.87. The van der Waals surface area contributed by atoms with Crippen molar-refractivity contribution in [3.63, 3.8) is 0 Å². The van der Waals surface area contributed by atoms with E-state index in [2.05, 4.69) is 24.3 Å². The van der Waals surface area contributed by atoms with E-state index in [-0.39, 0.29) is 6.61 Å². The predicted molar refractivity (Wildman–Crippen MR) is 109 cm³/mol. The standard InChI is InChI=1S/C23H33NO3/c1-2-22(26)23(24,18-25)21-14-12-20(13-15-21)17-27-16-8-4-7-11-19-9-5-3-6-10-19/h3,5-6,9-10,12-15,22,25-26H,2,4,7-8,11,16-18,24H2,1H3. The maximum Gasteiger partial charge on any atom is 0.0906 e. The van der Waals surface area contributed by atoms with E-state index in [0.717, 1.165) is 37.0 Å². The third-order valence-corrected chi connectivity index (χ3v) is 5.10. The van der Waals surface area contributed by atoms with Gasteiger partial charge in [0.15, 0.2) is 0 Å². The number of benzene rings is 2. The van der Waals surface area contributed by atoms with E-state index in [1.165, 1.54) is 12.0 Å². The predicted octanol–water partition coefficient (Wildman–Crippen LogP) is 3.53. The molecule has 2 aromatic carbocycles. The highest BCUT2D eigenvalue weighted by Gasteiger charge is 2.33. The molecule has 0 radical (unpaired) electrons. The molecular formula is C23H33NO3. The van der Waals surface area contributed by atoms with Gasteiger partial charge in [-0.2, -0.15) is 0 Å². The first-order valence-corrected chi connectivity index (χ1v) is 9.89. The molecule has 0 aliphatic heterocycles. The van der Waals surface area contributed by atoms with E-state index in [9.17, 15) is 10.2 Å². The Bertz CT molecular complexity index is 644. The fourth-order valence-corrected chi connectivity index (χ4v) is 3.21. The van der Waals surface area contributed by atoms with Gasteiger partial charge in [-0.05, 0) is 42.4 Å². The lowest BCUT2D eigenvalue weighted by Crippen LogP contribution is -2.50. The van der Waals surface area contributed by atoms with Gasteiger partial charge < -0.3 is 20.7 Å². The molecule has 2 unspecified atom stereocenters. The van der Waals surface area contributed by atoms with Crippen LogP contribution in [0.25, 0.3) is 0 Å². The van der Waals surface area contributed by atoms with Crippen molar-refractivity contribution in [2.75, 3.05) is 13.2 Å². The SMILES string of the molecule is CCC(O)C(N)(CO)c1ccc(COCCCCCc2ccccc2)cc1. The second kappa shape index (κ2) is 11.2. The molecule has 2 rings (SSSR count). The lowest BCUT2D eigenvalue weighted by atomic mass is 9.84. The number of nitrogens with two attached hydrogens (primary N) is 1. The van der Waals surface area contributed by atoms with Crippen LogP contribution in [0.3, 0.4) is 0 Å². The largest absolute Gasteiger partial charge is 0.394 e. The second-order valence-corrected chi connectivity index (χ2v) is 7.17. The fourth-order valence-electron chi connectivity index (χ4n) is 3.21. The highest BCUT2D eigenvalue weighted by molar-refractivity contribution is 5.29. The highest BCUT2D eigenvalue weighted by atomic mass is 16.5. The summed E-state index contributed by atoms with van der Waals surface area (Å²) in [6.07, 6.45) is 4.24. The first-order valence-electron chi connectivity index (χ1n) is 9.89. The summed E-state index contributed by atoms with van der Waals surface area (Å²) >= 11 is 0. The summed E-state index contributed by atoms with van der Waals surface area (Å²) in [5.74, 6) is 0. The van der Waals surface area contributed by atoms with Gasteiger partial charge in [0.1, 0.15) is 0 Å². The Hall–Kier alpha value is -1.72. The molecular weight excluding hydrogens is 338 g/mol. The van der Waals surface area contributed by atoms with Gasteiger partial charge in [0.05, 0.1) is 24.9 Å². The van der Waals surface area contributed by atoms with Gasteiger partial charge in [0.25, 0.3) is 0 Å². The van der Waals surface area contributed by atoms with Crippen molar-refractivity contribution in [3.8, 4) is 0 Å². The van der Waals surface area contributed by atoms with Crippen LogP contribution in [0.15, 0.2) is 54.6 Å². The molecule has 2 aromatic rings. The maximum absolute atomic E-state index is 10.1. The van der Waals surface area contributed by atoms with Gasteiger partial charge in [-0.3, -0.25) is 0 Å². The smallest absolute Gasteiger partial charge is 0.0906 e. The van der Waals surface area contributed by atoms with E-state index < -0.39 is 11.6 Å². The highest BCUT2D eigenvalue weighted by Crippen LogP contribution is 2.24. The molecule has 0 aliphatic carbocycles. The van der Waals surface area contributed by atoms with Crippen molar-refractivity contribution >= 4 is 0 Å². The first-order chi connectivity index (χ1) is 13.1. The van der Waals surface area contributed by atoms with Gasteiger partial charge in [0.2, 0.25) is 0 Å². The zero-order valence-corrected chi connectivity index (χ0v) is 16.3. The number of hydrogen-bond donors (Lipinski definition) is 3. The maximum atomic E-state index is 10.1. The molecule has 27 heavy (non-hydrogen) atoms. The van der Waals surface area contributed by atoms with Crippen LogP contribution in [0, 0.1) is 0 Å². The fraction of sp³-hybridized carbons (Fsp3) is 0.478. The topological polar surface area (TPSA) is 75.7 Å². The molecule has 0 aliphatic rings. The molecule has 0 saturated heterocycles. The van der Waals surface area contributed by atoms with Gasteiger partial charge in [-0.25, -0.2) is 0 Å². The lowest BCUT2D eigenvalue weighted by Gasteiger charge is -2.32. The van der Waals surface area contributed by atoms with Gasteiger partial charge in [-0.1, -0.05) is 67.9 Å². The third-order valence-electron chi connectivity index (χ3n) is 5.10. The molecule has 0 fully saturated rings. The van der Waals surface area contributed by atoms with Gasteiger partial charge in [-0.15, -0.1) is 0 Å². The zero-order valence-electron chi connectivity index (χ0n) is 16.3. The summed E-state index contributed by atoms with van der Waals surface area (Å²) < 4.78 is 5.76. The number of aliphatic hydroxyl groups is 2. The number of hydrogen-bond acceptors (Lipinski definition) is 4. The Morgan fingerprint density at radius 2 is 1.67 bits per heavy atom. The molecule has 0 spiro atoms. The van der Waals surface area contributed by atoms with E-state index in [1.807, 2.05) is 37.3 Å². The number of aliphatic hydroxyl groups excluding tert-OH is 2. The summed E-state index contributed by atoms with van der Waals surface area (Å²) in [5, 5.41) is 19.7. The average molecular weight is 372 g/mol. The molecule has 4 nitrogen and oxygen atoms in total. The van der Waals surface area contributed by atoms with Crippen molar-refractivity contribution in [1.29, 1.82) is 0 Å². The molecule has 0 saturated carbocycles. The van der Waals surface area contributed by atoms with E-state index >= 15 is 0 Å². The molecule has 0 heterocycles. The van der Waals surface area contributed by atoms with Crippen molar-refractivity contribution in [2.24, 2.45) is 5.73 Å². The van der Waals surface area contributed by atoms with Crippen LogP contribution in [0.4, 0.5) is 0 Å². The van der Waals surface area contributed by atoms with Crippen LogP contribution in [0.1, 0.15) is 49.3 Å². The molecule has 2 atom stereocenters. The molecule has 0 bridgehead atoms. The van der Waals surface area contributed by atoms with Crippen molar-refractivity contribution < 1.29 is 14.9 Å². The zero-order chi connectivity index (χ0) is 19.5. The normalized spacial score (nSPS) is 14.7. The van der Waals surface area contributed by atoms with Crippen molar-refractivity contribution in [1.82, 2.24) is 0 Å². The minimum atomic E-state index is -1.12. The quantitative estimate of drug-likeness (QED) is 0.499. The monoisotopic (exact) mass is 371 g/mol. The Balaban J connectivity index is 1.68. The second-order valence-electron chi connectivity index (χ2n) is 7.17. The Morgan fingerprint density at radius 1 is 0.963 bits per heavy atom. The van der Waals surface area contributed by atoms with Crippen LogP contribution in [0.5, 0.6) is 0 Å². The van der Waals surface area contributed by atoms with Crippen LogP contribution < -0.4 is 5.73 Å². The van der Waals surface area contributed by atoms with Crippen molar-refractivity contribution in [2.45, 2.75) is 57.3 Å². The summed E-state index contributed by atoms with van der Waals surface area (Å²) in [5.41, 5.74) is 8.28. The average Bonchev–Trinajstić information content (AvgIpc) is 2.73. The molecule has 0 aromatic heterocycles. The number of unbranched alkanes of at least 4 members (excludes halogenated alkanes) is 2. The number of rotatable bonds is 12. The van der Waals surface area contributed by atoms with E-state index in [0.29, 0.717) is 13.0 Å². The van der Waals surface area contributed by atoms with E-state index in [1.54, 1.807) is 0 Å². The first kappa shape index (κ1) is 21.6. The summed E-state index contributed by atoms with van der Waals surface area (Å²) in [4.78, 5) is 0. The summed E-state index contributed by atoms with van der Waals surface area (Å²) in [7, 11) is 0. The minimum absolute atomic E-state index is 0.291. The molecule has 4 N–H and O–H groups in total. The van der Waals surface area contributed by atoms with Crippen LogP contribution in [0.2, 0.25) is 0 Å². The van der Waals surface area contributed by atoms with Crippen molar-refractivity contribution in [3.05, 3.63) is 71.3 Å². The van der Waals surface area contributed by atoms with Crippen LogP contribution >= 0.6 is 0 Å². The summed E-state index contributed by atoms with van der Waals surface area (Å²) in [6, 6.07) is 18.2.